The fourth-order valence-electron chi connectivity index (χ4n) is 8.66. The number of para-hydroxylation sites is 2. The van der Waals surface area contributed by atoms with Gasteiger partial charge in [-0.1, -0.05) is 140 Å². The lowest BCUT2D eigenvalue weighted by Gasteiger charge is -2.23. The summed E-state index contributed by atoms with van der Waals surface area (Å²) in [5.41, 5.74) is 10.3. The van der Waals surface area contributed by atoms with E-state index in [0.29, 0.717) is 5.84 Å². The van der Waals surface area contributed by atoms with E-state index in [4.69, 9.17) is 14.4 Å². The minimum Gasteiger partial charge on any atom is -0.455 e. The number of rotatable bonds is 5. The van der Waals surface area contributed by atoms with Gasteiger partial charge in [-0.25, -0.2) is 9.98 Å². The monoisotopic (exact) mass is 748 g/mol. The topological polar surface area (TPSA) is 54.8 Å². The molecule has 3 aromatic heterocycles. The molecule has 0 spiro atoms. The summed E-state index contributed by atoms with van der Waals surface area (Å²) in [4.78, 5) is 10.4. The van der Waals surface area contributed by atoms with Crippen LogP contribution in [-0.4, -0.2) is 16.2 Å². The van der Waals surface area contributed by atoms with Crippen LogP contribution in [0.25, 0.3) is 80.7 Å². The number of amidine groups is 2. The summed E-state index contributed by atoms with van der Waals surface area (Å²) in [6.07, 6.45) is -0.286. The van der Waals surface area contributed by atoms with Gasteiger partial charge in [-0.15, -0.1) is 11.3 Å². The Morgan fingerprint density at radius 1 is 0.526 bits per heavy atom. The molecule has 57 heavy (non-hydrogen) atoms. The molecule has 0 saturated heterocycles. The number of thiophene rings is 1. The number of aliphatic imine (C=N–C) groups is 2. The Morgan fingerprint density at radius 3 is 2.12 bits per heavy atom. The zero-order valence-electron chi connectivity index (χ0n) is 30.6. The molecule has 0 aliphatic carbocycles. The molecule has 8 aromatic carbocycles. The Bertz CT molecular complexity index is 3450. The molecule has 1 unspecified atom stereocenters. The second kappa shape index (κ2) is 12.6. The highest BCUT2D eigenvalue weighted by atomic mass is 32.1. The highest BCUT2D eigenvalue weighted by Gasteiger charge is 2.24. The van der Waals surface area contributed by atoms with Crippen molar-refractivity contribution in [3.63, 3.8) is 0 Å². The molecule has 0 amide bonds. The minimum absolute atomic E-state index is 0.286. The van der Waals surface area contributed by atoms with Gasteiger partial charge >= 0.3 is 0 Å². The molecular formula is C51H32N4OS. The Morgan fingerprint density at radius 2 is 1.25 bits per heavy atom. The van der Waals surface area contributed by atoms with Gasteiger partial charge in [0.15, 0.2) is 5.84 Å². The number of hydrogen-bond acceptors (Lipinski definition) is 5. The summed E-state index contributed by atoms with van der Waals surface area (Å²) in [6.45, 7) is 0. The first-order valence-electron chi connectivity index (χ1n) is 19.2. The number of furan rings is 1. The van der Waals surface area contributed by atoms with Gasteiger partial charge in [-0.2, -0.15) is 0 Å². The normalized spacial score (nSPS) is 14.5. The molecule has 6 heteroatoms. The number of nitrogens with zero attached hydrogens (tertiary/aromatic N) is 3. The van der Waals surface area contributed by atoms with Crippen molar-refractivity contribution in [3.05, 3.63) is 199 Å². The van der Waals surface area contributed by atoms with Crippen LogP contribution in [0.4, 0.5) is 0 Å². The van der Waals surface area contributed by atoms with E-state index in [1.165, 1.54) is 30.9 Å². The van der Waals surface area contributed by atoms with Gasteiger partial charge in [0.1, 0.15) is 23.2 Å². The van der Waals surface area contributed by atoms with Crippen molar-refractivity contribution in [3.8, 4) is 16.8 Å². The van der Waals surface area contributed by atoms with Crippen molar-refractivity contribution < 1.29 is 4.42 Å². The summed E-state index contributed by atoms with van der Waals surface area (Å²) < 4.78 is 11.7. The van der Waals surface area contributed by atoms with E-state index in [1.54, 1.807) is 0 Å². The number of hydrogen-bond donors (Lipinski definition) is 1. The number of aromatic nitrogens is 1. The third kappa shape index (κ3) is 5.08. The summed E-state index contributed by atoms with van der Waals surface area (Å²) >= 11 is 1.84. The van der Waals surface area contributed by atoms with E-state index >= 15 is 0 Å². The van der Waals surface area contributed by atoms with Crippen LogP contribution in [0.3, 0.4) is 0 Å². The molecule has 11 aromatic rings. The van der Waals surface area contributed by atoms with Crippen molar-refractivity contribution in [1.29, 1.82) is 0 Å². The predicted molar refractivity (Wildman–Crippen MR) is 238 cm³/mol. The Balaban J connectivity index is 1.13. The summed E-state index contributed by atoms with van der Waals surface area (Å²) in [7, 11) is 0. The van der Waals surface area contributed by atoms with Crippen molar-refractivity contribution in [1.82, 2.24) is 9.88 Å². The number of nitrogens with one attached hydrogen (secondary N) is 1. The van der Waals surface area contributed by atoms with Crippen molar-refractivity contribution in [2.75, 3.05) is 0 Å². The molecule has 1 aliphatic heterocycles. The average Bonchev–Trinajstić information content (AvgIpc) is 3.96. The fourth-order valence-corrected chi connectivity index (χ4v) is 9.79. The highest BCUT2D eigenvalue weighted by molar-refractivity contribution is 7.25. The lowest BCUT2D eigenvalue weighted by Crippen LogP contribution is -2.33. The molecule has 0 saturated carbocycles. The van der Waals surface area contributed by atoms with Crippen molar-refractivity contribution in [2.24, 2.45) is 9.98 Å². The Kier molecular flexibility index (Phi) is 7.09. The largest absolute Gasteiger partial charge is 0.455 e. The zero-order chi connectivity index (χ0) is 37.5. The Hall–Kier alpha value is -7.28. The molecule has 1 aliphatic rings. The van der Waals surface area contributed by atoms with Crippen molar-refractivity contribution >= 4 is 86.9 Å². The molecule has 268 valence electrons. The van der Waals surface area contributed by atoms with E-state index in [1.807, 2.05) is 41.7 Å². The molecule has 4 heterocycles. The van der Waals surface area contributed by atoms with E-state index in [9.17, 15) is 0 Å². The SMILES string of the molecule is c1ccc(C2=NC(c3ccc4c5ccccc5n(-c5cc(-c6cccc7sc8ccccc8c67)c6oc7ccccc7c6c5)c4c3)=NC(c3ccccc3)N2)cc1. The van der Waals surface area contributed by atoms with Crippen LogP contribution in [0.2, 0.25) is 0 Å². The molecule has 0 radical (unpaired) electrons. The van der Waals surface area contributed by atoms with Crippen LogP contribution in [0.15, 0.2) is 196 Å². The van der Waals surface area contributed by atoms with Gasteiger partial charge in [-0.3, -0.25) is 0 Å². The first-order valence-corrected chi connectivity index (χ1v) is 20.0. The second-order valence-electron chi connectivity index (χ2n) is 14.6. The lowest BCUT2D eigenvalue weighted by molar-refractivity contribution is 0.670. The van der Waals surface area contributed by atoms with Crippen LogP contribution in [0, 0.1) is 0 Å². The van der Waals surface area contributed by atoms with E-state index in [-0.39, 0.29) is 6.17 Å². The Labute approximate surface area is 331 Å². The molecule has 12 rings (SSSR count). The number of fused-ring (bicyclic) bond motifs is 9. The third-order valence-electron chi connectivity index (χ3n) is 11.3. The van der Waals surface area contributed by atoms with Gasteiger partial charge in [0, 0.05) is 64.1 Å². The highest BCUT2D eigenvalue weighted by Crippen LogP contribution is 2.45. The van der Waals surface area contributed by atoms with Gasteiger partial charge in [0.05, 0.1) is 11.0 Å². The summed E-state index contributed by atoms with van der Waals surface area (Å²) in [5.74, 6) is 1.49. The van der Waals surface area contributed by atoms with E-state index in [2.05, 4.69) is 162 Å². The molecule has 0 fully saturated rings. The average molecular weight is 749 g/mol. The lowest BCUT2D eigenvalue weighted by atomic mass is 9.96. The van der Waals surface area contributed by atoms with Gasteiger partial charge < -0.3 is 14.3 Å². The van der Waals surface area contributed by atoms with Gasteiger partial charge in [0.2, 0.25) is 0 Å². The molecule has 5 nitrogen and oxygen atoms in total. The number of benzene rings is 8. The van der Waals surface area contributed by atoms with Gasteiger partial charge in [-0.05, 0) is 53.6 Å². The quantitative estimate of drug-likeness (QED) is 0.191. The minimum atomic E-state index is -0.286. The summed E-state index contributed by atoms with van der Waals surface area (Å²) in [5, 5.41) is 10.7. The standard InChI is InChI=1S/C51H32N4OS/c1-3-14-31(15-4-1)49-52-50(32-16-5-2-6-17-32)54-51(53-49)33-26-27-36-35-18-7-10-22-42(35)55(43(36)28-33)34-29-40-37-19-8-11-23-44(37)56-48(40)41(30-34)38-21-13-25-46-47(38)39-20-9-12-24-45(39)57-46/h1-30,49H,(H,52,53,54). The fraction of sp³-hybridized carbons (Fsp3) is 0.0196. The van der Waals surface area contributed by atoms with Crippen LogP contribution < -0.4 is 5.32 Å². The van der Waals surface area contributed by atoms with Crippen LogP contribution in [-0.2, 0) is 0 Å². The van der Waals surface area contributed by atoms with E-state index in [0.717, 1.165) is 72.3 Å². The molecule has 1 N–H and O–H groups in total. The van der Waals surface area contributed by atoms with Gasteiger partial charge in [0.25, 0.3) is 0 Å². The maximum absolute atomic E-state index is 6.77. The smallest absolute Gasteiger partial charge is 0.159 e. The van der Waals surface area contributed by atoms with Crippen LogP contribution >= 0.6 is 11.3 Å². The van der Waals surface area contributed by atoms with Crippen LogP contribution in [0.5, 0.6) is 0 Å². The molecule has 1 atom stereocenters. The second-order valence-corrected chi connectivity index (χ2v) is 15.7. The van der Waals surface area contributed by atoms with Crippen molar-refractivity contribution in [2.45, 2.75) is 6.17 Å². The predicted octanol–water partition coefficient (Wildman–Crippen LogP) is 13.2. The van der Waals surface area contributed by atoms with E-state index < -0.39 is 0 Å². The molecule has 0 bridgehead atoms. The first kappa shape index (κ1) is 32.0. The van der Waals surface area contributed by atoms with Crippen LogP contribution in [0.1, 0.15) is 22.9 Å². The molecular weight excluding hydrogens is 717 g/mol. The first-order chi connectivity index (χ1) is 28.2. The zero-order valence-corrected chi connectivity index (χ0v) is 31.4. The maximum atomic E-state index is 6.77. The maximum Gasteiger partial charge on any atom is 0.159 e. The third-order valence-corrected chi connectivity index (χ3v) is 12.4. The summed E-state index contributed by atoms with van der Waals surface area (Å²) in [6, 6.07) is 64.4.